The van der Waals surface area contributed by atoms with Crippen LogP contribution < -0.4 is 5.32 Å². The first-order valence-corrected chi connectivity index (χ1v) is 6.74. The van der Waals surface area contributed by atoms with Crippen molar-refractivity contribution in [1.82, 2.24) is 0 Å². The molecule has 0 atom stereocenters. The molecule has 2 aromatic rings. The molecule has 1 N–H and O–H groups in total. The minimum absolute atomic E-state index is 0.704. The molecule has 0 heterocycles. The van der Waals surface area contributed by atoms with Gasteiger partial charge < -0.3 is 5.32 Å². The van der Waals surface area contributed by atoms with Gasteiger partial charge in [-0.3, -0.25) is 4.99 Å². The van der Waals surface area contributed by atoms with Crippen molar-refractivity contribution in [2.75, 3.05) is 18.4 Å². The van der Waals surface area contributed by atoms with Crippen LogP contribution in [0.1, 0.15) is 5.56 Å². The molecule has 98 valence electrons. The molecule has 0 saturated carbocycles. The Hall–Kier alpha value is -1.51. The van der Waals surface area contributed by atoms with Gasteiger partial charge in [0.15, 0.2) is 0 Å². The van der Waals surface area contributed by atoms with E-state index in [2.05, 4.69) is 10.3 Å². The van der Waals surface area contributed by atoms with Crippen LogP contribution in [0, 0.1) is 0 Å². The Labute approximate surface area is 123 Å². The molecule has 0 saturated heterocycles. The number of benzene rings is 2. The third kappa shape index (κ3) is 4.93. The van der Waals surface area contributed by atoms with Gasteiger partial charge in [-0.15, -0.1) is 0 Å². The van der Waals surface area contributed by atoms with Crippen molar-refractivity contribution in [3.8, 4) is 0 Å². The molecule has 19 heavy (non-hydrogen) atoms. The van der Waals surface area contributed by atoms with Crippen LogP contribution in [0.25, 0.3) is 0 Å². The highest BCUT2D eigenvalue weighted by molar-refractivity contribution is 6.31. The van der Waals surface area contributed by atoms with E-state index in [-0.39, 0.29) is 0 Å². The number of nitrogens with one attached hydrogen (secondary N) is 1. The summed E-state index contributed by atoms with van der Waals surface area (Å²) < 4.78 is 0. The van der Waals surface area contributed by atoms with E-state index in [0.29, 0.717) is 6.54 Å². The third-order valence-corrected chi connectivity index (χ3v) is 2.99. The number of hydrogen-bond donors (Lipinski definition) is 1. The van der Waals surface area contributed by atoms with Gasteiger partial charge in [-0.2, -0.15) is 0 Å². The lowest BCUT2D eigenvalue weighted by Gasteiger charge is -2.04. The van der Waals surface area contributed by atoms with Crippen LogP contribution in [0.5, 0.6) is 0 Å². The zero-order valence-electron chi connectivity index (χ0n) is 10.3. The van der Waals surface area contributed by atoms with Gasteiger partial charge >= 0.3 is 0 Å². The van der Waals surface area contributed by atoms with E-state index in [1.165, 1.54) is 0 Å². The smallest absolute Gasteiger partial charge is 0.0562 e. The molecule has 0 radical (unpaired) electrons. The highest BCUT2D eigenvalue weighted by Crippen LogP contribution is 2.14. The second kappa shape index (κ2) is 7.17. The first kappa shape index (κ1) is 13.9. The molecule has 2 rings (SSSR count). The Balaban J connectivity index is 1.76. The minimum atomic E-state index is 0.704. The number of halogens is 2. The van der Waals surface area contributed by atoms with Crippen LogP contribution in [0.4, 0.5) is 5.69 Å². The second-order valence-electron chi connectivity index (χ2n) is 4.02. The summed E-state index contributed by atoms with van der Waals surface area (Å²) in [6.45, 7) is 1.47. The van der Waals surface area contributed by atoms with E-state index in [1.54, 1.807) is 0 Å². The Morgan fingerprint density at radius 3 is 2.53 bits per heavy atom. The SMILES string of the molecule is Clc1ccc(C=NCCNc2cccc(Cl)c2)cc1. The molecule has 0 aromatic heterocycles. The summed E-state index contributed by atoms with van der Waals surface area (Å²) in [4.78, 5) is 4.35. The molecule has 0 aliphatic heterocycles. The predicted molar refractivity (Wildman–Crippen MR) is 83.9 cm³/mol. The molecule has 0 bridgehead atoms. The average Bonchev–Trinajstić information content (AvgIpc) is 2.41. The summed E-state index contributed by atoms with van der Waals surface area (Å²) in [5.41, 5.74) is 2.06. The Morgan fingerprint density at radius 2 is 1.79 bits per heavy atom. The van der Waals surface area contributed by atoms with Gasteiger partial charge in [0, 0.05) is 28.5 Å². The molecule has 0 unspecified atom stereocenters. The Morgan fingerprint density at radius 1 is 1.00 bits per heavy atom. The standard InChI is InChI=1S/C15H14Cl2N2/c16-13-6-4-12(5-7-13)11-18-8-9-19-15-3-1-2-14(17)10-15/h1-7,10-11,19H,8-9H2. The van der Waals surface area contributed by atoms with Gasteiger partial charge in [-0.1, -0.05) is 41.4 Å². The maximum Gasteiger partial charge on any atom is 0.0562 e. The molecule has 0 amide bonds. The second-order valence-corrected chi connectivity index (χ2v) is 4.90. The number of rotatable bonds is 5. The lowest BCUT2D eigenvalue weighted by molar-refractivity contribution is 1.03. The first-order chi connectivity index (χ1) is 9.24. The highest BCUT2D eigenvalue weighted by Gasteiger charge is 1.92. The maximum absolute atomic E-state index is 5.90. The first-order valence-electron chi connectivity index (χ1n) is 5.99. The molecule has 2 nitrogen and oxygen atoms in total. The zero-order chi connectivity index (χ0) is 13.5. The van der Waals surface area contributed by atoms with Crippen molar-refractivity contribution < 1.29 is 0 Å². The predicted octanol–water partition coefficient (Wildman–Crippen LogP) is 4.52. The number of anilines is 1. The van der Waals surface area contributed by atoms with E-state index in [0.717, 1.165) is 27.8 Å². The van der Waals surface area contributed by atoms with E-state index in [1.807, 2.05) is 54.7 Å². The van der Waals surface area contributed by atoms with Crippen LogP contribution in [0.2, 0.25) is 10.0 Å². The van der Waals surface area contributed by atoms with E-state index >= 15 is 0 Å². The summed E-state index contributed by atoms with van der Waals surface area (Å²) in [6.07, 6.45) is 1.84. The van der Waals surface area contributed by atoms with Gasteiger partial charge in [-0.25, -0.2) is 0 Å². The summed E-state index contributed by atoms with van der Waals surface area (Å²) >= 11 is 11.7. The lowest BCUT2D eigenvalue weighted by atomic mass is 10.2. The zero-order valence-corrected chi connectivity index (χ0v) is 11.8. The van der Waals surface area contributed by atoms with Gasteiger partial charge in [0.1, 0.15) is 0 Å². The average molecular weight is 293 g/mol. The maximum atomic E-state index is 5.90. The van der Waals surface area contributed by atoms with Crippen LogP contribution in [-0.4, -0.2) is 19.3 Å². The van der Waals surface area contributed by atoms with E-state index in [9.17, 15) is 0 Å². The molecule has 2 aromatic carbocycles. The fraction of sp³-hybridized carbons (Fsp3) is 0.133. The number of aliphatic imine (C=N–C) groups is 1. The van der Waals surface area contributed by atoms with Crippen LogP contribution in [0.3, 0.4) is 0 Å². The lowest BCUT2D eigenvalue weighted by Crippen LogP contribution is -2.04. The van der Waals surface area contributed by atoms with Crippen molar-refractivity contribution in [2.45, 2.75) is 0 Å². The topological polar surface area (TPSA) is 24.4 Å². The van der Waals surface area contributed by atoms with Crippen molar-refractivity contribution in [2.24, 2.45) is 4.99 Å². The van der Waals surface area contributed by atoms with Gasteiger partial charge in [0.05, 0.1) is 6.54 Å². The fourth-order valence-electron chi connectivity index (χ4n) is 1.58. The summed E-state index contributed by atoms with van der Waals surface area (Å²) in [5, 5.41) is 4.73. The van der Waals surface area contributed by atoms with Gasteiger partial charge in [-0.05, 0) is 35.9 Å². The summed E-state index contributed by atoms with van der Waals surface area (Å²) in [7, 11) is 0. The Bertz CT molecular complexity index is 550. The van der Waals surface area contributed by atoms with E-state index in [4.69, 9.17) is 23.2 Å². The molecule has 4 heteroatoms. The van der Waals surface area contributed by atoms with Gasteiger partial charge in [0.25, 0.3) is 0 Å². The van der Waals surface area contributed by atoms with Gasteiger partial charge in [0.2, 0.25) is 0 Å². The van der Waals surface area contributed by atoms with Crippen LogP contribution in [-0.2, 0) is 0 Å². The van der Waals surface area contributed by atoms with Crippen molar-refractivity contribution in [3.05, 3.63) is 64.1 Å². The molecule has 0 spiro atoms. The van der Waals surface area contributed by atoms with Crippen molar-refractivity contribution >= 4 is 35.1 Å². The monoisotopic (exact) mass is 292 g/mol. The van der Waals surface area contributed by atoms with Crippen molar-refractivity contribution in [1.29, 1.82) is 0 Å². The molecule has 0 aliphatic rings. The highest BCUT2D eigenvalue weighted by atomic mass is 35.5. The number of nitrogens with zero attached hydrogens (tertiary/aromatic N) is 1. The molecule has 0 fully saturated rings. The summed E-state index contributed by atoms with van der Waals surface area (Å²) in [5.74, 6) is 0. The van der Waals surface area contributed by atoms with Crippen LogP contribution in [0.15, 0.2) is 53.5 Å². The molecule has 0 aliphatic carbocycles. The largest absolute Gasteiger partial charge is 0.383 e. The molecular formula is C15H14Cl2N2. The minimum Gasteiger partial charge on any atom is -0.383 e. The normalized spacial score (nSPS) is 10.8. The quantitative estimate of drug-likeness (QED) is 0.636. The van der Waals surface area contributed by atoms with Crippen LogP contribution >= 0.6 is 23.2 Å². The van der Waals surface area contributed by atoms with E-state index < -0.39 is 0 Å². The summed E-state index contributed by atoms with van der Waals surface area (Å²) in [6, 6.07) is 15.2. The Kier molecular flexibility index (Phi) is 5.25. The third-order valence-electron chi connectivity index (χ3n) is 2.51. The number of hydrogen-bond acceptors (Lipinski definition) is 2. The van der Waals surface area contributed by atoms with Crippen molar-refractivity contribution in [3.63, 3.8) is 0 Å². The fourth-order valence-corrected chi connectivity index (χ4v) is 1.90. The molecular weight excluding hydrogens is 279 g/mol.